The number of carbonyl (C=O) groups is 2. The normalized spacial score (nSPS) is 18.2. The number of pyridine rings is 1. The molecule has 1 saturated carbocycles. The molecule has 0 bridgehead atoms. The van der Waals surface area contributed by atoms with Crippen molar-refractivity contribution in [3.05, 3.63) is 113 Å². The van der Waals surface area contributed by atoms with E-state index in [9.17, 15) is 14.0 Å². The molecule has 0 radical (unpaired) electrons. The summed E-state index contributed by atoms with van der Waals surface area (Å²) < 4.78 is 34.2. The van der Waals surface area contributed by atoms with E-state index in [4.69, 9.17) is 10.5 Å². The van der Waals surface area contributed by atoms with Gasteiger partial charge in [0.2, 0.25) is 11.8 Å². The highest BCUT2D eigenvalue weighted by Crippen LogP contribution is 2.48. The van der Waals surface area contributed by atoms with Crippen molar-refractivity contribution < 1.29 is 23.1 Å². The molecule has 41 heavy (non-hydrogen) atoms. The fourth-order valence-corrected chi connectivity index (χ4v) is 5.63. The Morgan fingerprint density at radius 2 is 1.78 bits per heavy atom. The number of anilines is 2. The van der Waals surface area contributed by atoms with Gasteiger partial charge in [0.05, 0.1) is 16.6 Å². The van der Waals surface area contributed by atoms with Crippen molar-refractivity contribution in [3.8, 4) is 5.75 Å². The molecule has 5 N–H and O–H groups in total. The maximum atomic E-state index is 15.1. The molecule has 6 rings (SSSR count). The Balaban J connectivity index is 1.12. The predicted molar refractivity (Wildman–Crippen MR) is 153 cm³/mol. The van der Waals surface area contributed by atoms with Gasteiger partial charge in [0.15, 0.2) is 11.6 Å². The van der Waals surface area contributed by atoms with E-state index < -0.39 is 28.9 Å². The number of thioether (sulfide) groups is 1. The molecular weight excluding hydrogens is 548 g/mol. The first kappa shape index (κ1) is 26.7. The summed E-state index contributed by atoms with van der Waals surface area (Å²) in [6, 6.07) is 13.1. The number of allylic oxidation sites excluding steroid dienone is 1. The van der Waals surface area contributed by atoms with Crippen molar-refractivity contribution >= 4 is 39.9 Å². The molecular formula is C30H25F2N5O3S. The molecule has 0 saturated heterocycles. The van der Waals surface area contributed by atoms with Crippen LogP contribution in [0.1, 0.15) is 24.1 Å². The zero-order valence-corrected chi connectivity index (χ0v) is 22.4. The molecule has 1 unspecified atom stereocenters. The van der Waals surface area contributed by atoms with E-state index in [2.05, 4.69) is 20.9 Å². The first-order valence-electron chi connectivity index (χ1n) is 12.9. The number of ether oxygens (including phenoxy) is 1. The van der Waals surface area contributed by atoms with Crippen LogP contribution in [0.2, 0.25) is 0 Å². The third-order valence-corrected chi connectivity index (χ3v) is 8.26. The molecule has 2 aliphatic heterocycles. The first-order valence-corrected chi connectivity index (χ1v) is 13.7. The van der Waals surface area contributed by atoms with Gasteiger partial charge in [0, 0.05) is 41.3 Å². The molecule has 3 aliphatic rings. The summed E-state index contributed by atoms with van der Waals surface area (Å²) in [6.07, 6.45) is 7.96. The Morgan fingerprint density at radius 3 is 2.44 bits per heavy atom. The lowest BCUT2D eigenvalue weighted by Crippen LogP contribution is -2.35. The summed E-state index contributed by atoms with van der Waals surface area (Å²) >= 11 is 1.49. The van der Waals surface area contributed by atoms with Gasteiger partial charge in [0.1, 0.15) is 17.0 Å². The van der Waals surface area contributed by atoms with Gasteiger partial charge in [0.25, 0.3) is 0 Å². The highest BCUT2D eigenvalue weighted by Gasteiger charge is 2.56. The number of benzene rings is 2. The molecule has 1 atom stereocenters. The average molecular weight is 574 g/mol. The maximum Gasteiger partial charge on any atom is 0.240 e. The van der Waals surface area contributed by atoms with Crippen LogP contribution in [0, 0.1) is 17.0 Å². The molecule has 3 aromatic rings. The lowest BCUT2D eigenvalue weighted by Gasteiger charge is -2.20. The minimum atomic E-state index is -1.26. The van der Waals surface area contributed by atoms with Crippen molar-refractivity contribution in [1.29, 1.82) is 0 Å². The number of carbonyl (C=O) groups excluding carboxylic acids is 2. The number of amides is 2. The Labute approximate surface area is 238 Å². The fourth-order valence-electron chi connectivity index (χ4n) is 4.49. The van der Waals surface area contributed by atoms with Crippen molar-refractivity contribution in [2.45, 2.75) is 25.4 Å². The van der Waals surface area contributed by atoms with E-state index in [-0.39, 0.29) is 17.5 Å². The Kier molecular flexibility index (Phi) is 7.06. The first-order chi connectivity index (χ1) is 19.8. The zero-order chi connectivity index (χ0) is 28.6. The number of aromatic nitrogens is 1. The van der Waals surface area contributed by atoms with Crippen LogP contribution in [0.15, 0.2) is 89.8 Å². The van der Waals surface area contributed by atoms with Crippen molar-refractivity contribution in [3.63, 3.8) is 0 Å². The molecule has 8 nitrogen and oxygen atoms in total. The minimum Gasteiger partial charge on any atom is -0.453 e. The third kappa shape index (κ3) is 5.46. The smallest absolute Gasteiger partial charge is 0.240 e. The summed E-state index contributed by atoms with van der Waals surface area (Å²) in [7, 11) is 0. The number of dihydropyridines is 1. The topological polar surface area (TPSA) is 118 Å². The maximum absolute atomic E-state index is 15.1. The highest BCUT2D eigenvalue weighted by molar-refractivity contribution is 8.12. The SMILES string of the molecule is NCc1ccc(C2=CC3NC=CC(Oc4ccc(NC(=O)C5(C(=O)Nc6ccc(F)cc6)CC5)cc4F)=C3S2)nc1. The van der Waals surface area contributed by atoms with Gasteiger partial charge in [-0.15, -0.1) is 0 Å². The molecule has 1 aromatic heterocycles. The monoisotopic (exact) mass is 573 g/mol. The number of hydrogen-bond acceptors (Lipinski definition) is 7. The summed E-state index contributed by atoms with van der Waals surface area (Å²) in [5.74, 6) is -1.64. The predicted octanol–water partition coefficient (Wildman–Crippen LogP) is 5.04. The van der Waals surface area contributed by atoms with Crippen LogP contribution in [0.5, 0.6) is 5.75 Å². The number of nitrogens with two attached hydrogens (primary N) is 1. The van der Waals surface area contributed by atoms with Crippen LogP contribution in [0.4, 0.5) is 20.2 Å². The Morgan fingerprint density at radius 1 is 1.05 bits per heavy atom. The van der Waals surface area contributed by atoms with Crippen molar-refractivity contribution in [2.24, 2.45) is 11.1 Å². The van der Waals surface area contributed by atoms with Gasteiger partial charge < -0.3 is 26.4 Å². The largest absolute Gasteiger partial charge is 0.453 e. The number of nitrogens with zero attached hydrogens (tertiary/aromatic N) is 1. The van der Waals surface area contributed by atoms with Gasteiger partial charge in [-0.3, -0.25) is 14.6 Å². The van der Waals surface area contributed by atoms with Crippen molar-refractivity contribution in [1.82, 2.24) is 10.3 Å². The average Bonchev–Trinajstić information content (AvgIpc) is 3.68. The Hall–Kier alpha value is -4.48. The number of rotatable bonds is 8. The quantitative estimate of drug-likeness (QED) is 0.279. The molecule has 1 aliphatic carbocycles. The van der Waals surface area contributed by atoms with Crippen LogP contribution in [0.3, 0.4) is 0 Å². The minimum absolute atomic E-state index is 0.00883. The summed E-state index contributed by atoms with van der Waals surface area (Å²) in [5.41, 5.74) is 6.74. The lowest BCUT2D eigenvalue weighted by molar-refractivity contribution is -0.131. The van der Waals surface area contributed by atoms with Gasteiger partial charge in [-0.05, 0) is 73.0 Å². The molecule has 2 aromatic carbocycles. The summed E-state index contributed by atoms with van der Waals surface area (Å²) in [5, 5.41) is 8.55. The second-order valence-corrected chi connectivity index (χ2v) is 10.9. The highest BCUT2D eigenvalue weighted by atomic mass is 32.2. The van der Waals surface area contributed by atoms with Gasteiger partial charge in [-0.2, -0.15) is 0 Å². The van der Waals surface area contributed by atoms with Crippen LogP contribution in [0.25, 0.3) is 4.91 Å². The molecule has 2 amide bonds. The van der Waals surface area contributed by atoms with Gasteiger partial charge in [-0.1, -0.05) is 17.8 Å². The second kappa shape index (κ2) is 10.8. The second-order valence-electron chi connectivity index (χ2n) is 9.84. The van der Waals surface area contributed by atoms with Crippen LogP contribution in [-0.4, -0.2) is 22.8 Å². The molecule has 11 heteroatoms. The standard InChI is InChI=1S/C30H25F2N5O3S/c31-18-2-4-19(5-3-18)36-28(38)30(10-11-30)29(39)37-20-6-8-24(21(32)13-20)40-25-9-12-34-23-14-26(41-27(23)25)22-7-1-17(15-33)16-35-22/h1-9,12-14,16,23,34H,10-11,15,33H2,(H,36,38)(H,37,39). The van der Waals surface area contributed by atoms with Crippen LogP contribution < -0.4 is 26.4 Å². The van der Waals surface area contributed by atoms with E-state index in [1.54, 1.807) is 18.5 Å². The number of halogens is 2. The van der Waals surface area contributed by atoms with E-state index in [1.807, 2.05) is 18.2 Å². The number of fused-ring (bicyclic) bond motifs is 1. The third-order valence-electron chi connectivity index (χ3n) is 7.02. The fraction of sp³-hybridized carbons (Fsp3) is 0.167. The van der Waals surface area contributed by atoms with Crippen LogP contribution in [-0.2, 0) is 16.1 Å². The molecule has 0 spiro atoms. The Bertz CT molecular complexity index is 1620. The van der Waals surface area contributed by atoms with Crippen molar-refractivity contribution in [2.75, 3.05) is 10.6 Å². The van der Waals surface area contributed by atoms with E-state index in [0.29, 0.717) is 30.8 Å². The van der Waals surface area contributed by atoms with E-state index in [1.165, 1.54) is 48.2 Å². The van der Waals surface area contributed by atoms with E-state index >= 15 is 4.39 Å². The van der Waals surface area contributed by atoms with E-state index in [0.717, 1.165) is 27.1 Å². The molecule has 208 valence electrons. The zero-order valence-electron chi connectivity index (χ0n) is 21.6. The van der Waals surface area contributed by atoms with Gasteiger partial charge in [-0.25, -0.2) is 8.78 Å². The lowest BCUT2D eigenvalue weighted by atomic mass is 10.0. The van der Waals surface area contributed by atoms with Gasteiger partial charge >= 0.3 is 0 Å². The number of hydrogen-bond donors (Lipinski definition) is 4. The molecule has 3 heterocycles. The summed E-state index contributed by atoms with van der Waals surface area (Å²) in [4.78, 5) is 32.1. The molecule has 1 fully saturated rings. The van der Waals surface area contributed by atoms with Crippen LogP contribution >= 0.6 is 11.8 Å². The number of nitrogens with one attached hydrogen (secondary N) is 3. The summed E-state index contributed by atoms with van der Waals surface area (Å²) in [6.45, 7) is 0.415.